The number of carbonyl (C=O) groups excluding carboxylic acids is 1. The molecule has 0 saturated heterocycles. The molecular formula is C14H16N2O3S2. The van der Waals surface area contributed by atoms with E-state index in [1.165, 1.54) is 23.5 Å². The maximum absolute atomic E-state index is 11.9. The van der Waals surface area contributed by atoms with Gasteiger partial charge in [-0.05, 0) is 42.1 Å². The lowest BCUT2D eigenvalue weighted by Crippen LogP contribution is -2.24. The lowest BCUT2D eigenvalue weighted by Gasteiger charge is -2.07. The SMILES string of the molecule is CCCNS(=O)(=O)c1ccc(NC(=O)c2ccsc2)cc1. The Bertz CT molecular complexity index is 692. The highest BCUT2D eigenvalue weighted by Gasteiger charge is 2.13. The zero-order valence-electron chi connectivity index (χ0n) is 11.5. The summed E-state index contributed by atoms with van der Waals surface area (Å²) < 4.78 is 26.3. The average Bonchev–Trinajstić information content (AvgIpc) is 3.00. The molecule has 0 radical (unpaired) electrons. The predicted molar refractivity (Wildman–Crippen MR) is 84.2 cm³/mol. The van der Waals surface area contributed by atoms with Gasteiger partial charge in [-0.2, -0.15) is 11.3 Å². The Hall–Kier alpha value is -1.70. The number of sulfonamides is 1. The molecule has 1 amide bonds. The van der Waals surface area contributed by atoms with Crippen LogP contribution in [0.4, 0.5) is 5.69 Å². The van der Waals surface area contributed by atoms with Gasteiger partial charge in [-0.25, -0.2) is 13.1 Å². The normalized spacial score (nSPS) is 11.3. The minimum Gasteiger partial charge on any atom is -0.322 e. The zero-order chi connectivity index (χ0) is 15.3. The summed E-state index contributed by atoms with van der Waals surface area (Å²) in [5.41, 5.74) is 1.14. The number of rotatable bonds is 6. The molecule has 0 fully saturated rings. The molecule has 0 atom stereocenters. The molecule has 1 aromatic heterocycles. The highest BCUT2D eigenvalue weighted by Crippen LogP contribution is 2.15. The van der Waals surface area contributed by atoms with Crippen molar-refractivity contribution in [2.45, 2.75) is 18.2 Å². The van der Waals surface area contributed by atoms with Gasteiger partial charge >= 0.3 is 0 Å². The third-order valence-electron chi connectivity index (χ3n) is 2.75. The number of nitrogens with one attached hydrogen (secondary N) is 2. The molecule has 2 rings (SSSR count). The van der Waals surface area contributed by atoms with Crippen LogP contribution in [0.3, 0.4) is 0 Å². The van der Waals surface area contributed by atoms with Crippen molar-refractivity contribution >= 4 is 33.0 Å². The van der Waals surface area contributed by atoms with Gasteiger partial charge in [0.05, 0.1) is 10.5 Å². The number of benzene rings is 1. The Kier molecular flexibility index (Phi) is 5.11. The van der Waals surface area contributed by atoms with E-state index in [1.54, 1.807) is 23.6 Å². The van der Waals surface area contributed by atoms with Crippen LogP contribution in [-0.4, -0.2) is 20.9 Å². The second kappa shape index (κ2) is 6.84. The Labute approximate surface area is 128 Å². The Morgan fingerprint density at radius 1 is 1.19 bits per heavy atom. The molecule has 0 bridgehead atoms. The summed E-state index contributed by atoms with van der Waals surface area (Å²) in [4.78, 5) is 12.0. The van der Waals surface area contributed by atoms with E-state index >= 15 is 0 Å². The molecular weight excluding hydrogens is 308 g/mol. The maximum Gasteiger partial charge on any atom is 0.256 e. The van der Waals surface area contributed by atoms with E-state index in [4.69, 9.17) is 0 Å². The van der Waals surface area contributed by atoms with Gasteiger partial charge in [-0.15, -0.1) is 0 Å². The van der Waals surface area contributed by atoms with Gasteiger partial charge in [-0.1, -0.05) is 6.92 Å². The Morgan fingerprint density at radius 2 is 1.90 bits per heavy atom. The second-order valence-electron chi connectivity index (χ2n) is 4.39. The summed E-state index contributed by atoms with van der Waals surface area (Å²) in [6, 6.07) is 7.82. The summed E-state index contributed by atoms with van der Waals surface area (Å²) in [7, 11) is -3.47. The van der Waals surface area contributed by atoms with Gasteiger partial charge in [0.15, 0.2) is 0 Å². The van der Waals surface area contributed by atoms with Crippen molar-refractivity contribution in [1.82, 2.24) is 4.72 Å². The molecule has 1 aromatic carbocycles. The van der Waals surface area contributed by atoms with Crippen molar-refractivity contribution in [2.24, 2.45) is 0 Å². The summed E-state index contributed by atoms with van der Waals surface area (Å²) in [5, 5.41) is 6.29. The first kappa shape index (κ1) is 15.7. The summed E-state index contributed by atoms with van der Waals surface area (Å²) in [5.74, 6) is -0.212. The summed E-state index contributed by atoms with van der Waals surface area (Å²) in [6.45, 7) is 2.30. The monoisotopic (exact) mass is 324 g/mol. The minimum absolute atomic E-state index is 0.185. The fraction of sp³-hybridized carbons (Fsp3) is 0.214. The van der Waals surface area contributed by atoms with Crippen molar-refractivity contribution in [3.8, 4) is 0 Å². The molecule has 0 spiro atoms. The molecule has 1 heterocycles. The molecule has 0 aliphatic heterocycles. The predicted octanol–water partition coefficient (Wildman–Crippen LogP) is 2.69. The van der Waals surface area contributed by atoms with Crippen molar-refractivity contribution < 1.29 is 13.2 Å². The van der Waals surface area contributed by atoms with Crippen molar-refractivity contribution in [3.05, 3.63) is 46.7 Å². The molecule has 5 nitrogen and oxygen atoms in total. The number of hydrogen-bond acceptors (Lipinski definition) is 4. The van der Waals surface area contributed by atoms with Crippen LogP contribution in [0.15, 0.2) is 46.0 Å². The van der Waals surface area contributed by atoms with E-state index in [2.05, 4.69) is 10.0 Å². The van der Waals surface area contributed by atoms with Crippen LogP contribution in [0.5, 0.6) is 0 Å². The highest BCUT2D eigenvalue weighted by atomic mass is 32.2. The van der Waals surface area contributed by atoms with Gasteiger partial charge in [0.2, 0.25) is 10.0 Å². The quantitative estimate of drug-likeness (QED) is 0.858. The number of amides is 1. The van der Waals surface area contributed by atoms with E-state index < -0.39 is 10.0 Å². The van der Waals surface area contributed by atoms with E-state index in [9.17, 15) is 13.2 Å². The number of carbonyl (C=O) groups is 1. The van der Waals surface area contributed by atoms with Gasteiger partial charge in [-0.3, -0.25) is 4.79 Å². The van der Waals surface area contributed by atoms with E-state index in [-0.39, 0.29) is 10.8 Å². The van der Waals surface area contributed by atoms with Gasteiger partial charge in [0.25, 0.3) is 5.91 Å². The lowest BCUT2D eigenvalue weighted by molar-refractivity contribution is 0.102. The average molecular weight is 324 g/mol. The van der Waals surface area contributed by atoms with Crippen molar-refractivity contribution in [1.29, 1.82) is 0 Å². The maximum atomic E-state index is 11.9. The summed E-state index contributed by atoms with van der Waals surface area (Å²) >= 11 is 1.44. The second-order valence-corrected chi connectivity index (χ2v) is 6.94. The van der Waals surface area contributed by atoms with Crippen molar-refractivity contribution in [2.75, 3.05) is 11.9 Å². The zero-order valence-corrected chi connectivity index (χ0v) is 13.1. The molecule has 7 heteroatoms. The van der Waals surface area contributed by atoms with Gasteiger partial charge < -0.3 is 5.32 Å². The van der Waals surface area contributed by atoms with Crippen LogP contribution >= 0.6 is 11.3 Å². The molecule has 112 valence electrons. The summed E-state index contributed by atoms with van der Waals surface area (Å²) in [6.07, 6.45) is 0.730. The minimum atomic E-state index is -3.47. The first-order chi connectivity index (χ1) is 10.0. The molecule has 2 aromatic rings. The van der Waals surface area contributed by atoms with E-state index in [1.807, 2.05) is 12.3 Å². The fourth-order valence-electron chi connectivity index (χ4n) is 1.63. The molecule has 2 N–H and O–H groups in total. The van der Waals surface area contributed by atoms with Crippen LogP contribution in [0, 0.1) is 0 Å². The van der Waals surface area contributed by atoms with Crippen LogP contribution < -0.4 is 10.0 Å². The van der Waals surface area contributed by atoms with Crippen LogP contribution in [0.1, 0.15) is 23.7 Å². The van der Waals surface area contributed by atoms with Crippen LogP contribution in [-0.2, 0) is 10.0 Å². The van der Waals surface area contributed by atoms with E-state index in [0.29, 0.717) is 17.8 Å². The fourth-order valence-corrected chi connectivity index (χ4v) is 3.40. The number of anilines is 1. The van der Waals surface area contributed by atoms with Gasteiger partial charge in [0.1, 0.15) is 0 Å². The molecule has 21 heavy (non-hydrogen) atoms. The number of hydrogen-bond donors (Lipinski definition) is 2. The van der Waals surface area contributed by atoms with Crippen LogP contribution in [0.25, 0.3) is 0 Å². The number of thiophene rings is 1. The highest BCUT2D eigenvalue weighted by molar-refractivity contribution is 7.89. The Morgan fingerprint density at radius 3 is 2.48 bits per heavy atom. The standard InChI is InChI=1S/C14H16N2O3S2/c1-2-8-15-21(18,19)13-5-3-12(4-6-13)16-14(17)11-7-9-20-10-11/h3-7,9-10,15H,2,8H2,1H3,(H,16,17). The van der Waals surface area contributed by atoms with Gasteiger partial charge in [0, 0.05) is 17.6 Å². The first-order valence-electron chi connectivity index (χ1n) is 6.46. The molecule has 0 unspecified atom stereocenters. The van der Waals surface area contributed by atoms with Crippen molar-refractivity contribution in [3.63, 3.8) is 0 Å². The third-order valence-corrected chi connectivity index (χ3v) is 4.91. The first-order valence-corrected chi connectivity index (χ1v) is 8.89. The lowest BCUT2D eigenvalue weighted by atomic mass is 10.3. The van der Waals surface area contributed by atoms with E-state index in [0.717, 1.165) is 6.42 Å². The largest absolute Gasteiger partial charge is 0.322 e. The third kappa shape index (κ3) is 4.13. The smallest absolute Gasteiger partial charge is 0.256 e. The molecule has 0 aliphatic rings. The topological polar surface area (TPSA) is 75.3 Å². The van der Waals surface area contributed by atoms with Crippen LogP contribution in [0.2, 0.25) is 0 Å². The Balaban J connectivity index is 2.07. The molecule has 0 aliphatic carbocycles. The molecule has 0 saturated carbocycles.